The Labute approximate surface area is 98.5 Å². The molecule has 0 spiro atoms. The molecule has 1 rings (SSSR count). The van der Waals surface area contributed by atoms with Crippen LogP contribution >= 0.6 is 22.6 Å². The van der Waals surface area contributed by atoms with Crippen molar-refractivity contribution in [2.24, 2.45) is 0 Å². The van der Waals surface area contributed by atoms with E-state index in [1.165, 1.54) is 6.07 Å². The van der Waals surface area contributed by atoms with Gasteiger partial charge < -0.3 is 0 Å². The van der Waals surface area contributed by atoms with Crippen LogP contribution in [0.4, 0.5) is 8.78 Å². The number of hydrogen-bond donors (Lipinski definition) is 0. The fourth-order valence-corrected chi connectivity index (χ4v) is 1.91. The normalized spacial score (nSPS) is 9.73. The zero-order valence-corrected chi connectivity index (χ0v) is 9.49. The van der Waals surface area contributed by atoms with Crippen LogP contribution in [0.25, 0.3) is 0 Å². The van der Waals surface area contributed by atoms with Crippen molar-refractivity contribution < 1.29 is 8.78 Å². The van der Waals surface area contributed by atoms with Gasteiger partial charge in [0.15, 0.2) is 0 Å². The van der Waals surface area contributed by atoms with Crippen LogP contribution in [-0.4, -0.2) is 4.98 Å². The molecule has 0 aromatic carbocycles. The number of aromatic nitrogens is 1. The molecule has 0 saturated carbocycles. The quantitative estimate of drug-likeness (QED) is 0.787. The number of rotatable bonds is 2. The number of alkyl halides is 2. The van der Waals surface area contributed by atoms with E-state index in [2.05, 4.69) is 4.98 Å². The molecule has 0 aliphatic carbocycles. The van der Waals surface area contributed by atoms with Crippen molar-refractivity contribution in [3.63, 3.8) is 0 Å². The van der Waals surface area contributed by atoms with Crippen LogP contribution in [0.5, 0.6) is 0 Å². The maximum absolute atomic E-state index is 12.6. The smallest absolute Gasteiger partial charge is 0.240 e. The monoisotopic (exact) mass is 319 g/mol. The van der Waals surface area contributed by atoms with Crippen LogP contribution in [-0.2, 0) is 6.42 Å². The molecule has 1 aromatic rings. The van der Waals surface area contributed by atoms with Crippen molar-refractivity contribution >= 4 is 22.6 Å². The van der Waals surface area contributed by atoms with E-state index in [4.69, 9.17) is 10.5 Å². The zero-order valence-electron chi connectivity index (χ0n) is 7.34. The van der Waals surface area contributed by atoms with E-state index in [1.807, 2.05) is 0 Å². The SMILES string of the molecule is N#CCc1nc(C#N)cc(I)c1C(F)F. The lowest BCUT2D eigenvalue weighted by molar-refractivity contribution is 0.149. The number of nitrogens with zero attached hydrogens (tertiary/aromatic N) is 3. The number of nitriles is 2. The van der Waals surface area contributed by atoms with E-state index in [9.17, 15) is 8.78 Å². The van der Waals surface area contributed by atoms with Gasteiger partial charge in [-0.25, -0.2) is 13.8 Å². The van der Waals surface area contributed by atoms with Crippen molar-refractivity contribution in [2.45, 2.75) is 12.8 Å². The van der Waals surface area contributed by atoms with Gasteiger partial charge in [-0.2, -0.15) is 10.5 Å². The van der Waals surface area contributed by atoms with Crippen molar-refractivity contribution in [1.29, 1.82) is 10.5 Å². The third kappa shape index (κ3) is 2.60. The van der Waals surface area contributed by atoms with Crippen LogP contribution in [0, 0.1) is 26.2 Å². The minimum Gasteiger partial charge on any atom is -0.240 e. The number of hydrogen-bond acceptors (Lipinski definition) is 3. The van der Waals surface area contributed by atoms with E-state index in [0.717, 1.165) is 0 Å². The molecule has 0 aliphatic heterocycles. The highest BCUT2D eigenvalue weighted by Crippen LogP contribution is 2.27. The first-order chi connectivity index (χ1) is 7.10. The Kier molecular flexibility index (Phi) is 3.92. The molecule has 0 atom stereocenters. The average molecular weight is 319 g/mol. The van der Waals surface area contributed by atoms with Gasteiger partial charge in [-0.15, -0.1) is 0 Å². The maximum atomic E-state index is 12.6. The van der Waals surface area contributed by atoms with Crippen LogP contribution < -0.4 is 0 Å². The Balaban J connectivity index is 3.38. The zero-order chi connectivity index (χ0) is 11.4. The molecule has 0 saturated heterocycles. The summed E-state index contributed by atoms with van der Waals surface area (Å²) in [5, 5.41) is 17.1. The van der Waals surface area contributed by atoms with Crippen molar-refractivity contribution in [3.05, 3.63) is 26.6 Å². The molecule has 0 bridgehead atoms. The van der Waals surface area contributed by atoms with Crippen molar-refractivity contribution in [3.8, 4) is 12.1 Å². The fraction of sp³-hybridized carbons (Fsp3) is 0.222. The molecule has 0 fully saturated rings. The summed E-state index contributed by atoms with van der Waals surface area (Å²) in [5.41, 5.74) is -0.221. The number of halogens is 3. The first-order valence-corrected chi connectivity index (χ1v) is 4.92. The third-order valence-corrected chi connectivity index (χ3v) is 2.56. The summed E-state index contributed by atoms with van der Waals surface area (Å²) in [6.07, 6.45) is -2.90. The molecule has 0 aliphatic rings. The number of pyridine rings is 1. The molecule has 6 heteroatoms. The summed E-state index contributed by atoms with van der Waals surface area (Å²) in [6.45, 7) is 0. The van der Waals surface area contributed by atoms with E-state index in [1.54, 1.807) is 34.7 Å². The van der Waals surface area contributed by atoms with Crippen molar-refractivity contribution in [2.75, 3.05) is 0 Å². The summed E-state index contributed by atoms with van der Waals surface area (Å²) in [4.78, 5) is 3.69. The Morgan fingerprint density at radius 1 is 1.47 bits per heavy atom. The highest BCUT2D eigenvalue weighted by Gasteiger charge is 2.19. The van der Waals surface area contributed by atoms with Crippen LogP contribution in [0.2, 0.25) is 0 Å². The summed E-state index contributed by atoms with van der Waals surface area (Å²) in [5.74, 6) is 0. The first-order valence-electron chi connectivity index (χ1n) is 3.84. The van der Waals surface area contributed by atoms with Gasteiger partial charge in [0, 0.05) is 3.57 Å². The van der Waals surface area contributed by atoms with E-state index in [0.29, 0.717) is 0 Å². The van der Waals surface area contributed by atoms with Gasteiger partial charge in [0.25, 0.3) is 6.43 Å². The lowest BCUT2D eigenvalue weighted by Crippen LogP contribution is -2.03. The van der Waals surface area contributed by atoms with Gasteiger partial charge >= 0.3 is 0 Å². The lowest BCUT2D eigenvalue weighted by atomic mass is 10.1. The Morgan fingerprint density at radius 2 is 2.13 bits per heavy atom. The van der Waals surface area contributed by atoms with Gasteiger partial charge in [0.2, 0.25) is 0 Å². The second kappa shape index (κ2) is 4.99. The minimum absolute atomic E-state index is 0.0176. The largest absolute Gasteiger partial charge is 0.266 e. The van der Waals surface area contributed by atoms with E-state index < -0.39 is 6.43 Å². The summed E-state index contributed by atoms with van der Waals surface area (Å²) in [7, 11) is 0. The molecule has 0 radical (unpaired) electrons. The summed E-state index contributed by atoms with van der Waals surface area (Å²) >= 11 is 1.71. The van der Waals surface area contributed by atoms with Gasteiger partial charge in [-0.1, -0.05) is 0 Å². The molecule has 15 heavy (non-hydrogen) atoms. The van der Waals surface area contributed by atoms with Gasteiger partial charge in [0.05, 0.1) is 23.7 Å². The van der Waals surface area contributed by atoms with Gasteiger partial charge in [-0.3, -0.25) is 0 Å². The molecular weight excluding hydrogens is 315 g/mol. The van der Waals surface area contributed by atoms with E-state index >= 15 is 0 Å². The molecular formula is C9H4F2IN3. The topological polar surface area (TPSA) is 60.5 Å². The highest BCUT2D eigenvalue weighted by molar-refractivity contribution is 14.1. The molecule has 0 amide bonds. The fourth-order valence-electron chi connectivity index (χ4n) is 1.07. The second-order valence-electron chi connectivity index (χ2n) is 2.60. The van der Waals surface area contributed by atoms with Crippen molar-refractivity contribution in [1.82, 2.24) is 4.98 Å². The first kappa shape index (κ1) is 11.8. The Bertz CT molecular complexity index is 460. The molecule has 1 aromatic heterocycles. The van der Waals surface area contributed by atoms with Crippen LogP contribution in [0.1, 0.15) is 23.4 Å². The average Bonchev–Trinajstić information content (AvgIpc) is 2.16. The Morgan fingerprint density at radius 3 is 2.60 bits per heavy atom. The molecule has 0 N–H and O–H groups in total. The van der Waals surface area contributed by atoms with Gasteiger partial charge in [0.1, 0.15) is 11.8 Å². The standard InChI is InChI=1S/C9H4F2IN3/c10-9(11)8-6(12)3-5(4-14)15-7(8)1-2-13/h3,9H,1H2. The molecule has 0 unspecified atom stereocenters. The van der Waals surface area contributed by atoms with E-state index in [-0.39, 0.29) is 26.9 Å². The molecule has 1 heterocycles. The lowest BCUT2D eigenvalue weighted by Gasteiger charge is -2.07. The third-order valence-electron chi connectivity index (χ3n) is 1.67. The Hall–Kier alpha value is -1.28. The highest BCUT2D eigenvalue weighted by atomic mass is 127. The molecule has 3 nitrogen and oxygen atoms in total. The summed E-state index contributed by atoms with van der Waals surface area (Å²) in [6, 6.07) is 4.79. The summed E-state index contributed by atoms with van der Waals surface area (Å²) < 4.78 is 25.5. The maximum Gasteiger partial charge on any atom is 0.266 e. The van der Waals surface area contributed by atoms with Crippen LogP contribution in [0.3, 0.4) is 0 Å². The molecule has 76 valence electrons. The second-order valence-corrected chi connectivity index (χ2v) is 3.76. The minimum atomic E-state index is -2.68. The van der Waals surface area contributed by atoms with Gasteiger partial charge in [-0.05, 0) is 28.7 Å². The predicted molar refractivity (Wildman–Crippen MR) is 55.9 cm³/mol. The van der Waals surface area contributed by atoms with Crippen LogP contribution in [0.15, 0.2) is 6.07 Å². The predicted octanol–water partition coefficient (Wildman–Crippen LogP) is 2.56.